The molecule has 11 aliphatic rings. The summed E-state index contributed by atoms with van der Waals surface area (Å²) in [5.74, 6) is -2.47. The van der Waals surface area contributed by atoms with Crippen LogP contribution >= 0.6 is 0 Å². The predicted octanol–water partition coefficient (Wildman–Crippen LogP) is -7.81. The molecule has 0 aromatic heterocycles. The number of aliphatic hydroxyl groups excluding tert-OH is 16. The second kappa shape index (κ2) is 25.0. The van der Waals surface area contributed by atoms with E-state index in [4.69, 9.17) is 66.3 Å². The molecule has 3 aliphatic carbocycles. The van der Waals surface area contributed by atoms with E-state index in [1.54, 1.807) is 6.92 Å². The van der Waals surface area contributed by atoms with Crippen LogP contribution in [-0.4, -0.2) is 310 Å². The molecule has 0 amide bonds. The number of carbonyl (C=O) groups is 1. The fraction of sp³-hybridized carbons (Fsp3) is 0.943. The van der Waals surface area contributed by atoms with E-state index in [0.29, 0.717) is 24.8 Å². The number of hydrogen-bond donors (Lipinski definition) is 16. The maximum Gasteiger partial charge on any atom is 0.314 e. The first-order chi connectivity index (χ1) is 40.0. The number of esters is 1. The summed E-state index contributed by atoms with van der Waals surface area (Å²) in [7, 11) is 0. The van der Waals surface area contributed by atoms with Crippen molar-refractivity contribution in [2.24, 2.45) is 23.2 Å². The van der Waals surface area contributed by atoms with Gasteiger partial charge in [0.05, 0.1) is 49.7 Å². The van der Waals surface area contributed by atoms with Crippen molar-refractivity contribution in [1.29, 1.82) is 0 Å². The molecule has 11 fully saturated rings. The average Bonchev–Trinajstić information content (AvgIpc) is 1.29. The van der Waals surface area contributed by atoms with Crippen molar-refractivity contribution in [3.63, 3.8) is 0 Å². The van der Waals surface area contributed by atoms with Gasteiger partial charge in [-0.1, -0.05) is 6.58 Å². The molecule has 8 saturated heterocycles. The Balaban J connectivity index is 0.942. The van der Waals surface area contributed by atoms with E-state index < -0.39 is 246 Å². The third-order valence-corrected chi connectivity index (χ3v) is 19.7. The maximum absolute atomic E-state index is 15.7. The molecule has 0 aromatic rings. The molecule has 8 heterocycles. The second-order valence-electron chi connectivity index (χ2n) is 24.6. The number of rotatable bonds is 12. The molecule has 480 valence electrons. The highest BCUT2D eigenvalue weighted by molar-refractivity contribution is 5.77. The molecule has 1 spiro atoms. The van der Waals surface area contributed by atoms with Crippen molar-refractivity contribution in [1.82, 2.24) is 0 Å². The third-order valence-electron chi connectivity index (χ3n) is 19.7. The first-order valence-electron chi connectivity index (χ1n) is 29.0. The number of epoxide rings is 1. The fourth-order valence-electron chi connectivity index (χ4n) is 14.9. The minimum absolute atomic E-state index is 0.134. The first-order valence-corrected chi connectivity index (χ1v) is 29.0. The van der Waals surface area contributed by atoms with E-state index in [1.807, 2.05) is 0 Å². The van der Waals surface area contributed by atoms with Gasteiger partial charge >= 0.3 is 5.97 Å². The highest BCUT2D eigenvalue weighted by Crippen LogP contribution is 2.62. The minimum atomic E-state index is -2.04. The lowest BCUT2D eigenvalue weighted by Gasteiger charge is -2.61. The van der Waals surface area contributed by atoms with Crippen molar-refractivity contribution >= 4 is 5.97 Å². The summed E-state index contributed by atoms with van der Waals surface area (Å²) >= 11 is 0. The van der Waals surface area contributed by atoms with Crippen molar-refractivity contribution < 1.29 is 153 Å². The average molecular weight is 1220 g/mol. The van der Waals surface area contributed by atoms with Crippen LogP contribution in [0.4, 0.5) is 0 Å². The lowest BCUT2D eigenvalue weighted by molar-refractivity contribution is -0.404. The summed E-state index contributed by atoms with van der Waals surface area (Å²) in [6.07, 6.45) is -49.5. The number of aliphatic hydroxyl groups is 16. The van der Waals surface area contributed by atoms with Crippen LogP contribution in [0.2, 0.25) is 0 Å². The van der Waals surface area contributed by atoms with Crippen molar-refractivity contribution in [2.75, 3.05) is 26.4 Å². The van der Waals surface area contributed by atoms with Gasteiger partial charge in [-0.3, -0.25) is 4.79 Å². The molecular weight excluding hydrogens is 1130 g/mol. The van der Waals surface area contributed by atoms with Gasteiger partial charge in [0.1, 0.15) is 128 Å². The van der Waals surface area contributed by atoms with E-state index in [-0.39, 0.29) is 38.0 Å². The largest absolute Gasteiger partial charge is 0.432 e. The quantitative estimate of drug-likeness (QED) is 0.0490. The summed E-state index contributed by atoms with van der Waals surface area (Å²) in [5.41, 5.74) is -2.41. The molecule has 8 aliphatic heterocycles. The van der Waals surface area contributed by atoms with Gasteiger partial charge in [0, 0.05) is 5.92 Å². The zero-order chi connectivity index (χ0) is 60.2. The second-order valence-corrected chi connectivity index (χ2v) is 24.6. The van der Waals surface area contributed by atoms with Crippen LogP contribution < -0.4 is 0 Å². The summed E-state index contributed by atoms with van der Waals surface area (Å²) < 4.78 is 86.9. The van der Waals surface area contributed by atoms with Crippen LogP contribution in [0.3, 0.4) is 0 Å². The zero-order valence-corrected chi connectivity index (χ0v) is 46.1. The van der Waals surface area contributed by atoms with Gasteiger partial charge in [-0.2, -0.15) is 0 Å². The van der Waals surface area contributed by atoms with Gasteiger partial charge in [0.2, 0.25) is 6.29 Å². The molecule has 3 saturated carbocycles. The number of fused-ring (bicyclic) bond motifs is 5. The lowest BCUT2D eigenvalue weighted by Crippen LogP contribution is -2.70. The van der Waals surface area contributed by atoms with Crippen LogP contribution in [-0.2, 0) is 71.1 Å². The Labute approximate surface area is 480 Å². The Morgan fingerprint density at radius 1 is 0.500 bits per heavy atom. The Kier molecular flexibility index (Phi) is 19.0. The fourth-order valence-corrected chi connectivity index (χ4v) is 14.9. The normalized spacial score (nSPS) is 55.9. The summed E-state index contributed by atoms with van der Waals surface area (Å²) in [4.78, 5) is 15.7. The van der Waals surface area contributed by atoms with Crippen LogP contribution in [0.1, 0.15) is 65.2 Å². The monoisotopic (exact) mass is 1210 g/mol. The topological polar surface area (TPSA) is 473 Å². The molecule has 31 nitrogen and oxygen atoms in total. The molecule has 33 unspecified atom stereocenters. The van der Waals surface area contributed by atoms with E-state index in [2.05, 4.69) is 6.58 Å². The van der Waals surface area contributed by atoms with E-state index in [1.165, 1.54) is 6.92 Å². The number of ether oxygens (including phenoxy) is 14. The highest BCUT2D eigenvalue weighted by atomic mass is 16.9. The molecule has 36 atom stereocenters. The molecule has 31 heteroatoms. The number of carbonyl (C=O) groups excluding carboxylic acids is 1. The smallest absolute Gasteiger partial charge is 0.314 e. The van der Waals surface area contributed by atoms with Crippen molar-refractivity contribution in [2.45, 2.75) is 261 Å². The zero-order valence-electron chi connectivity index (χ0n) is 46.1. The molecule has 16 N–H and O–H groups in total. The minimum Gasteiger partial charge on any atom is -0.432 e. The van der Waals surface area contributed by atoms with Gasteiger partial charge in [0.15, 0.2) is 43.8 Å². The van der Waals surface area contributed by atoms with Crippen LogP contribution in [0, 0.1) is 23.2 Å². The van der Waals surface area contributed by atoms with Gasteiger partial charge in [-0.05, 0) is 82.6 Å². The third kappa shape index (κ3) is 11.2. The Morgan fingerprint density at radius 2 is 1.01 bits per heavy atom. The van der Waals surface area contributed by atoms with E-state index in [9.17, 15) is 81.7 Å². The lowest BCUT2D eigenvalue weighted by atomic mass is 9.49. The Bertz CT molecular complexity index is 2270. The Hall–Kier alpha value is -1.95. The van der Waals surface area contributed by atoms with E-state index >= 15 is 4.79 Å². The van der Waals surface area contributed by atoms with Crippen LogP contribution in [0.5, 0.6) is 0 Å². The predicted molar refractivity (Wildman–Crippen MR) is 266 cm³/mol. The summed E-state index contributed by atoms with van der Waals surface area (Å²) in [6.45, 7) is 4.13. The SMILES string of the molecule is C=C1CC2CCC3[C@](C)(C(=O)OC4OC(CO)C(O)C(OC5OC(CO)C(O)C(O)C5O)C4OC4OC5OC5C(O)C4O)CCC[C@]34OC3C(OC(C)C(O)C3O)OC3C(OC1CC[C@H]24)OC(CO)C(O)C3OC1OC(CO)C(O)C(O)C1O. The van der Waals surface area contributed by atoms with Gasteiger partial charge in [-0.25, -0.2) is 0 Å². The highest BCUT2D eigenvalue weighted by Gasteiger charge is 2.67. The van der Waals surface area contributed by atoms with Crippen LogP contribution in [0.25, 0.3) is 0 Å². The molecule has 11 rings (SSSR count). The van der Waals surface area contributed by atoms with Gasteiger partial charge in [-0.15, -0.1) is 0 Å². The van der Waals surface area contributed by atoms with Gasteiger partial charge in [0.25, 0.3) is 0 Å². The van der Waals surface area contributed by atoms with Crippen molar-refractivity contribution in [3.8, 4) is 0 Å². The molecule has 0 radical (unpaired) electrons. The maximum atomic E-state index is 15.7. The van der Waals surface area contributed by atoms with Gasteiger partial charge < -0.3 is 148 Å². The van der Waals surface area contributed by atoms with E-state index in [0.717, 1.165) is 0 Å². The Morgan fingerprint density at radius 3 is 1.65 bits per heavy atom. The first kappa shape index (κ1) is 63.6. The molecular formula is C53H82O31. The molecule has 0 aromatic carbocycles. The van der Waals surface area contributed by atoms with Crippen molar-refractivity contribution in [3.05, 3.63) is 12.2 Å². The molecule has 84 heavy (non-hydrogen) atoms. The number of hydrogen-bond acceptors (Lipinski definition) is 31. The standard InChI is InChI=1S/C53H82O31/c1-16-11-18-5-8-25-52(3,51(70)83-50-43(80-46-37(69)34(66)40-47(79-40)82-46)39(30(62)24(15-57)76-50)78-45-36(68)32(64)28(60)22(13-55)74-45)9-4-10-53(25)19(18)6-7-20(16)72-49-42(81-48-41(84-53)33(65)26(58)17(2)71-48)38(29(61)23(14-56)75-49)77-44-35(67)31(63)27(59)21(12-54)73-44/h17-50,54-69H,1,4-15H2,2-3H3/t17?,18?,19-,20?,21?,22?,23?,24?,25?,26?,27?,28?,29?,30?,31?,32?,33?,34?,35?,36?,37?,38?,39?,40?,41?,42?,43?,44?,45?,46?,47?,48?,49?,50?,52-,53-/m1/s1. The molecule has 2 bridgehead atoms. The summed E-state index contributed by atoms with van der Waals surface area (Å²) in [5, 5.41) is 176. The van der Waals surface area contributed by atoms with Crippen LogP contribution in [0.15, 0.2) is 12.2 Å². The summed E-state index contributed by atoms with van der Waals surface area (Å²) in [6, 6.07) is 0.